The molecule has 0 saturated heterocycles. The van der Waals surface area contributed by atoms with Gasteiger partial charge in [0.15, 0.2) is 5.76 Å². The summed E-state index contributed by atoms with van der Waals surface area (Å²) in [6.07, 6.45) is -0.0199. The number of hydrazone groups is 1. The number of carboxylic acid groups (broad SMARTS) is 1. The highest BCUT2D eigenvalue weighted by Crippen LogP contribution is 2.26. The number of carboxylic acids is 1. The van der Waals surface area contributed by atoms with Crippen LogP contribution in [-0.4, -0.2) is 21.8 Å². The fourth-order valence-corrected chi connectivity index (χ4v) is 3.61. The fourth-order valence-electron chi connectivity index (χ4n) is 2.80. The summed E-state index contributed by atoms with van der Waals surface area (Å²) >= 11 is 1.54. The molecule has 2 aromatic heterocycles. The van der Waals surface area contributed by atoms with Gasteiger partial charge in [-0.05, 0) is 42.8 Å². The van der Waals surface area contributed by atoms with Gasteiger partial charge < -0.3 is 9.52 Å². The normalized spacial score (nSPS) is 11.7. The van der Waals surface area contributed by atoms with Crippen molar-refractivity contribution >= 4 is 38.4 Å². The van der Waals surface area contributed by atoms with E-state index in [4.69, 9.17) is 9.52 Å². The molecule has 0 unspecified atom stereocenters. The summed E-state index contributed by atoms with van der Waals surface area (Å²) in [5.41, 5.74) is 6.16. The smallest absolute Gasteiger partial charge is 0.307 e. The quantitative estimate of drug-likeness (QED) is 0.356. The number of para-hydroxylation sites is 1. The predicted octanol–water partition coefficient (Wildman–Crippen LogP) is 5.02. The number of hydrogen-bond donors (Lipinski definition) is 2. The number of nitrogens with zero attached hydrogens (tertiary/aromatic N) is 2. The number of thiazole rings is 1. The van der Waals surface area contributed by atoms with Gasteiger partial charge in [-0.1, -0.05) is 41.7 Å². The number of benzene rings is 2. The van der Waals surface area contributed by atoms with Crippen molar-refractivity contribution in [1.29, 1.82) is 0 Å². The molecule has 2 heterocycles. The zero-order chi connectivity index (χ0) is 19.5. The molecule has 0 amide bonds. The maximum Gasteiger partial charge on any atom is 0.307 e. The molecule has 28 heavy (non-hydrogen) atoms. The number of nitrogens with one attached hydrogen (secondary N) is 1. The van der Waals surface area contributed by atoms with Crippen LogP contribution in [0.1, 0.15) is 18.2 Å². The number of rotatable bonds is 6. The van der Waals surface area contributed by atoms with E-state index < -0.39 is 5.97 Å². The maximum atomic E-state index is 10.9. The summed E-state index contributed by atoms with van der Waals surface area (Å²) in [6, 6.07) is 18.9. The molecule has 2 N–H and O–H groups in total. The Morgan fingerprint density at radius 3 is 2.86 bits per heavy atom. The molecule has 7 heteroatoms. The lowest BCUT2D eigenvalue weighted by atomic mass is 10.1. The van der Waals surface area contributed by atoms with Gasteiger partial charge in [0, 0.05) is 5.56 Å². The molecule has 0 spiro atoms. The van der Waals surface area contributed by atoms with Gasteiger partial charge in [0.05, 0.1) is 16.6 Å². The van der Waals surface area contributed by atoms with E-state index in [9.17, 15) is 4.79 Å². The van der Waals surface area contributed by atoms with E-state index in [0.29, 0.717) is 22.4 Å². The van der Waals surface area contributed by atoms with Crippen molar-refractivity contribution < 1.29 is 14.3 Å². The van der Waals surface area contributed by atoms with Gasteiger partial charge in [0.2, 0.25) is 5.13 Å². The van der Waals surface area contributed by atoms with E-state index >= 15 is 0 Å². The van der Waals surface area contributed by atoms with E-state index in [2.05, 4.69) is 15.5 Å². The monoisotopic (exact) mass is 391 g/mol. The molecule has 4 aromatic rings. The van der Waals surface area contributed by atoms with Crippen LogP contribution >= 0.6 is 11.3 Å². The molecule has 0 fully saturated rings. The first-order chi connectivity index (χ1) is 13.6. The van der Waals surface area contributed by atoms with Gasteiger partial charge in [-0.2, -0.15) is 5.10 Å². The van der Waals surface area contributed by atoms with Crippen LogP contribution in [0.25, 0.3) is 21.5 Å². The third-order valence-electron chi connectivity index (χ3n) is 4.14. The molecule has 0 aliphatic heterocycles. The van der Waals surface area contributed by atoms with Crippen molar-refractivity contribution in [3.63, 3.8) is 0 Å². The van der Waals surface area contributed by atoms with E-state index in [1.807, 2.05) is 61.5 Å². The summed E-state index contributed by atoms with van der Waals surface area (Å²) < 4.78 is 7.00. The Kier molecular flexibility index (Phi) is 4.90. The highest BCUT2D eigenvalue weighted by Gasteiger charge is 2.09. The number of aliphatic carboxylic acids is 1. The molecule has 4 rings (SSSR count). The molecule has 0 saturated carbocycles. The number of fused-ring (bicyclic) bond motifs is 1. The number of carbonyl (C=O) groups is 1. The third-order valence-corrected chi connectivity index (χ3v) is 5.08. The number of furan rings is 1. The minimum absolute atomic E-state index is 0.0199. The molecular weight excluding hydrogens is 374 g/mol. The predicted molar refractivity (Wildman–Crippen MR) is 111 cm³/mol. The lowest BCUT2D eigenvalue weighted by Gasteiger charge is -2.01. The zero-order valence-electron chi connectivity index (χ0n) is 15.0. The second-order valence-corrected chi connectivity index (χ2v) is 7.26. The van der Waals surface area contributed by atoms with E-state index in [-0.39, 0.29) is 6.42 Å². The standard InChI is InChI=1S/C21H17N3O3S/c1-13(23-24-21-22-16-7-2-3-8-19(16)28-21)17-9-10-18(27-17)15-6-4-5-14(11-15)12-20(25)26/h2-11H,12H2,1H3,(H,22,24)(H,25,26). The van der Waals surface area contributed by atoms with Crippen LogP contribution in [0, 0.1) is 0 Å². The first-order valence-electron chi connectivity index (χ1n) is 8.66. The average Bonchev–Trinajstić information content (AvgIpc) is 3.33. The topological polar surface area (TPSA) is 87.7 Å². The van der Waals surface area contributed by atoms with Crippen LogP contribution in [0.5, 0.6) is 0 Å². The van der Waals surface area contributed by atoms with Crippen molar-refractivity contribution in [3.8, 4) is 11.3 Å². The molecule has 0 radical (unpaired) electrons. The summed E-state index contributed by atoms with van der Waals surface area (Å²) in [5, 5.41) is 14.0. The van der Waals surface area contributed by atoms with Crippen molar-refractivity contribution in [2.75, 3.05) is 5.43 Å². The Bertz CT molecular complexity index is 1140. The van der Waals surface area contributed by atoms with E-state index in [1.54, 1.807) is 6.07 Å². The van der Waals surface area contributed by atoms with Crippen molar-refractivity contribution in [2.45, 2.75) is 13.3 Å². The maximum absolute atomic E-state index is 10.9. The summed E-state index contributed by atoms with van der Waals surface area (Å²) in [6.45, 7) is 1.85. The van der Waals surface area contributed by atoms with E-state index in [0.717, 1.165) is 21.3 Å². The van der Waals surface area contributed by atoms with Gasteiger partial charge in [0.25, 0.3) is 0 Å². The van der Waals surface area contributed by atoms with Gasteiger partial charge in [-0.25, -0.2) is 4.98 Å². The molecule has 0 bridgehead atoms. The average molecular weight is 391 g/mol. The molecule has 140 valence electrons. The van der Waals surface area contributed by atoms with Crippen LogP contribution in [0.4, 0.5) is 5.13 Å². The SMILES string of the molecule is CC(=NNc1nc2ccccc2s1)c1ccc(-c2cccc(CC(=O)O)c2)o1. The highest BCUT2D eigenvalue weighted by molar-refractivity contribution is 7.22. The van der Waals surface area contributed by atoms with E-state index in [1.165, 1.54) is 11.3 Å². The number of anilines is 1. The lowest BCUT2D eigenvalue weighted by Crippen LogP contribution is -1.99. The van der Waals surface area contributed by atoms with Crippen LogP contribution in [-0.2, 0) is 11.2 Å². The molecule has 0 aliphatic carbocycles. The van der Waals surface area contributed by atoms with Crippen LogP contribution < -0.4 is 5.43 Å². The molecule has 2 aromatic carbocycles. The largest absolute Gasteiger partial charge is 0.481 e. The number of hydrogen-bond acceptors (Lipinski definition) is 6. The van der Waals surface area contributed by atoms with Gasteiger partial charge >= 0.3 is 5.97 Å². The first kappa shape index (κ1) is 17.9. The van der Waals surface area contributed by atoms with Gasteiger partial charge in [-0.15, -0.1) is 0 Å². The van der Waals surface area contributed by atoms with Crippen molar-refractivity contribution in [1.82, 2.24) is 4.98 Å². The van der Waals surface area contributed by atoms with Crippen LogP contribution in [0.3, 0.4) is 0 Å². The Hall–Kier alpha value is -3.45. The Morgan fingerprint density at radius 1 is 1.18 bits per heavy atom. The van der Waals surface area contributed by atoms with Gasteiger partial charge in [0.1, 0.15) is 11.5 Å². The minimum atomic E-state index is -0.860. The lowest BCUT2D eigenvalue weighted by molar-refractivity contribution is -0.136. The molecule has 6 nitrogen and oxygen atoms in total. The number of aromatic nitrogens is 1. The summed E-state index contributed by atoms with van der Waals surface area (Å²) in [4.78, 5) is 15.4. The second-order valence-electron chi connectivity index (χ2n) is 6.23. The van der Waals surface area contributed by atoms with Crippen molar-refractivity contribution in [2.24, 2.45) is 5.10 Å². The summed E-state index contributed by atoms with van der Waals surface area (Å²) in [7, 11) is 0. The Labute approximate surface area is 165 Å². The minimum Gasteiger partial charge on any atom is -0.481 e. The highest BCUT2D eigenvalue weighted by atomic mass is 32.1. The first-order valence-corrected chi connectivity index (χ1v) is 9.47. The fraction of sp³-hybridized carbons (Fsp3) is 0.0952. The molecule has 0 atom stereocenters. The van der Waals surface area contributed by atoms with Crippen LogP contribution in [0.15, 0.2) is 70.2 Å². The molecular formula is C21H17N3O3S. The van der Waals surface area contributed by atoms with Crippen molar-refractivity contribution in [3.05, 3.63) is 72.0 Å². The Morgan fingerprint density at radius 2 is 2.04 bits per heavy atom. The van der Waals surface area contributed by atoms with Crippen LogP contribution in [0.2, 0.25) is 0 Å². The Balaban J connectivity index is 1.51. The molecule has 0 aliphatic rings. The second kappa shape index (κ2) is 7.66. The van der Waals surface area contributed by atoms with Gasteiger partial charge in [-0.3, -0.25) is 10.2 Å². The summed E-state index contributed by atoms with van der Waals surface area (Å²) in [5.74, 6) is 0.435. The third kappa shape index (κ3) is 3.94. The zero-order valence-corrected chi connectivity index (χ0v) is 15.9.